The Hall–Kier alpha value is -2.64. The average molecular weight is 242 g/mol. The minimum atomic E-state index is 0.629. The van der Waals surface area contributed by atoms with Gasteiger partial charge in [-0.2, -0.15) is 10.4 Å². The van der Waals surface area contributed by atoms with Gasteiger partial charge in [-0.15, -0.1) is 20.4 Å². The number of nitrogens with zero attached hydrogens (tertiary/aromatic N) is 6. The molecule has 90 valence electrons. The van der Waals surface area contributed by atoms with Crippen molar-refractivity contribution >= 4 is 0 Å². The SMILES string of the molecule is c1ccc(Cc2nn[nH]n2)c(Cc2nn[nH]n2)c1. The first-order valence-electron chi connectivity index (χ1n) is 5.43. The van der Waals surface area contributed by atoms with E-state index in [0.717, 1.165) is 11.1 Å². The van der Waals surface area contributed by atoms with E-state index in [1.165, 1.54) is 0 Å². The molecule has 0 aliphatic rings. The molecule has 0 radical (unpaired) electrons. The van der Waals surface area contributed by atoms with Gasteiger partial charge in [0.2, 0.25) is 0 Å². The highest BCUT2D eigenvalue weighted by Gasteiger charge is 2.08. The molecule has 1 aromatic carbocycles. The molecular formula is C10H10N8. The molecule has 0 spiro atoms. The maximum absolute atomic E-state index is 3.95. The van der Waals surface area contributed by atoms with E-state index < -0.39 is 0 Å². The zero-order valence-electron chi connectivity index (χ0n) is 9.41. The van der Waals surface area contributed by atoms with Gasteiger partial charge in [0.15, 0.2) is 11.6 Å². The lowest BCUT2D eigenvalue weighted by molar-refractivity contribution is 0.881. The minimum Gasteiger partial charge on any atom is -0.177 e. The van der Waals surface area contributed by atoms with Crippen LogP contribution in [0.4, 0.5) is 0 Å². The third kappa shape index (κ3) is 2.21. The van der Waals surface area contributed by atoms with Crippen LogP contribution >= 0.6 is 0 Å². The third-order valence-corrected chi connectivity index (χ3v) is 2.59. The van der Waals surface area contributed by atoms with Crippen LogP contribution in [0, 0.1) is 0 Å². The van der Waals surface area contributed by atoms with Crippen LogP contribution < -0.4 is 0 Å². The van der Waals surface area contributed by atoms with Crippen molar-refractivity contribution < 1.29 is 0 Å². The topological polar surface area (TPSA) is 109 Å². The monoisotopic (exact) mass is 242 g/mol. The van der Waals surface area contributed by atoms with Crippen LogP contribution in [0.15, 0.2) is 24.3 Å². The van der Waals surface area contributed by atoms with E-state index in [9.17, 15) is 0 Å². The molecule has 2 aromatic heterocycles. The van der Waals surface area contributed by atoms with Gasteiger partial charge in [-0.1, -0.05) is 34.7 Å². The zero-order chi connectivity index (χ0) is 12.2. The van der Waals surface area contributed by atoms with Gasteiger partial charge in [-0.25, -0.2) is 0 Å². The van der Waals surface area contributed by atoms with Crippen molar-refractivity contribution in [1.82, 2.24) is 41.2 Å². The maximum Gasteiger partial charge on any atom is 0.178 e. The van der Waals surface area contributed by atoms with Crippen LogP contribution in [-0.4, -0.2) is 41.2 Å². The molecule has 8 heteroatoms. The Morgan fingerprint density at radius 2 is 1.28 bits per heavy atom. The predicted molar refractivity (Wildman–Crippen MR) is 60.4 cm³/mol. The van der Waals surface area contributed by atoms with E-state index in [0.29, 0.717) is 24.5 Å². The average Bonchev–Trinajstić information content (AvgIpc) is 3.05. The van der Waals surface area contributed by atoms with Crippen LogP contribution in [0.3, 0.4) is 0 Å². The molecule has 2 N–H and O–H groups in total. The van der Waals surface area contributed by atoms with Crippen molar-refractivity contribution in [2.45, 2.75) is 12.8 Å². The first-order chi connectivity index (χ1) is 8.92. The summed E-state index contributed by atoms with van der Waals surface area (Å²) in [6.45, 7) is 0. The van der Waals surface area contributed by atoms with Gasteiger partial charge in [0.05, 0.1) is 0 Å². The Bertz CT molecular complexity index is 545. The van der Waals surface area contributed by atoms with Crippen molar-refractivity contribution in [3.8, 4) is 0 Å². The summed E-state index contributed by atoms with van der Waals surface area (Å²) >= 11 is 0. The molecule has 18 heavy (non-hydrogen) atoms. The molecule has 3 rings (SSSR count). The zero-order valence-corrected chi connectivity index (χ0v) is 9.41. The van der Waals surface area contributed by atoms with Crippen LogP contribution in [0.25, 0.3) is 0 Å². The van der Waals surface area contributed by atoms with Gasteiger partial charge in [0.25, 0.3) is 0 Å². The van der Waals surface area contributed by atoms with Crippen LogP contribution in [-0.2, 0) is 12.8 Å². The lowest BCUT2D eigenvalue weighted by atomic mass is 10.0. The van der Waals surface area contributed by atoms with Crippen molar-refractivity contribution in [1.29, 1.82) is 0 Å². The molecule has 0 bridgehead atoms. The fourth-order valence-corrected chi connectivity index (χ4v) is 1.76. The molecule has 0 atom stereocenters. The third-order valence-electron chi connectivity index (χ3n) is 2.59. The molecule has 2 heterocycles. The summed E-state index contributed by atoms with van der Waals surface area (Å²) in [6.07, 6.45) is 1.26. The first-order valence-corrected chi connectivity index (χ1v) is 5.43. The highest BCUT2D eigenvalue weighted by Crippen LogP contribution is 2.14. The Balaban J connectivity index is 1.85. The van der Waals surface area contributed by atoms with Crippen LogP contribution in [0.2, 0.25) is 0 Å². The molecule has 0 aliphatic carbocycles. The van der Waals surface area contributed by atoms with E-state index >= 15 is 0 Å². The number of aromatic nitrogens is 8. The van der Waals surface area contributed by atoms with E-state index in [4.69, 9.17) is 0 Å². The predicted octanol–water partition coefficient (Wildman–Crippen LogP) is -0.106. The van der Waals surface area contributed by atoms with Crippen molar-refractivity contribution in [3.63, 3.8) is 0 Å². The lowest BCUT2D eigenvalue weighted by Gasteiger charge is -2.04. The molecule has 8 nitrogen and oxygen atoms in total. The number of hydrogen-bond acceptors (Lipinski definition) is 6. The van der Waals surface area contributed by atoms with Crippen molar-refractivity contribution in [2.75, 3.05) is 0 Å². The van der Waals surface area contributed by atoms with Gasteiger partial charge in [0, 0.05) is 12.8 Å². The number of rotatable bonds is 4. The molecule has 0 unspecified atom stereocenters. The Morgan fingerprint density at radius 3 is 1.67 bits per heavy atom. The van der Waals surface area contributed by atoms with Crippen molar-refractivity contribution in [2.24, 2.45) is 0 Å². The standard InChI is InChI=1S/C10H10N8/c1-2-4-8(6-10-13-17-18-14-10)7(3-1)5-9-11-15-16-12-9/h1-4H,5-6H2,(H,11,12,15,16)(H,13,14,17,18). The molecule has 0 aliphatic heterocycles. The fourth-order valence-electron chi connectivity index (χ4n) is 1.76. The normalized spacial score (nSPS) is 10.7. The van der Waals surface area contributed by atoms with Gasteiger partial charge in [-0.3, -0.25) is 0 Å². The summed E-state index contributed by atoms with van der Waals surface area (Å²) in [7, 11) is 0. The van der Waals surface area contributed by atoms with Gasteiger partial charge in [-0.05, 0) is 11.1 Å². The van der Waals surface area contributed by atoms with Gasteiger partial charge < -0.3 is 0 Å². The maximum atomic E-state index is 3.95. The van der Waals surface area contributed by atoms with Crippen LogP contribution in [0.1, 0.15) is 22.8 Å². The number of hydrogen-bond donors (Lipinski definition) is 2. The second kappa shape index (κ2) is 4.70. The van der Waals surface area contributed by atoms with E-state index in [-0.39, 0.29) is 0 Å². The highest BCUT2D eigenvalue weighted by atomic mass is 15.5. The molecule has 0 saturated carbocycles. The molecule has 3 aromatic rings. The summed E-state index contributed by atoms with van der Waals surface area (Å²) in [6, 6.07) is 8.03. The fraction of sp³-hybridized carbons (Fsp3) is 0.200. The summed E-state index contributed by atoms with van der Waals surface area (Å²) < 4.78 is 0. The van der Waals surface area contributed by atoms with E-state index in [1.54, 1.807) is 0 Å². The van der Waals surface area contributed by atoms with E-state index in [2.05, 4.69) is 41.2 Å². The van der Waals surface area contributed by atoms with E-state index in [1.807, 2.05) is 24.3 Å². The summed E-state index contributed by atoms with van der Waals surface area (Å²) in [5, 5.41) is 27.8. The molecule has 0 amide bonds. The first kappa shape index (κ1) is 10.5. The lowest BCUT2D eigenvalue weighted by Crippen LogP contribution is -1.99. The number of H-pyrrole nitrogens is 2. The Morgan fingerprint density at radius 1 is 0.778 bits per heavy atom. The summed E-state index contributed by atoms with van der Waals surface area (Å²) in [4.78, 5) is 0. The summed E-state index contributed by atoms with van der Waals surface area (Å²) in [5.74, 6) is 1.33. The Kier molecular flexibility index (Phi) is 2.74. The smallest absolute Gasteiger partial charge is 0.177 e. The van der Waals surface area contributed by atoms with Gasteiger partial charge >= 0.3 is 0 Å². The number of nitrogens with one attached hydrogen (secondary N) is 2. The highest BCUT2D eigenvalue weighted by molar-refractivity contribution is 5.31. The molecule has 0 fully saturated rings. The number of tetrazole rings is 2. The second-order valence-electron chi connectivity index (χ2n) is 3.78. The van der Waals surface area contributed by atoms with Crippen molar-refractivity contribution in [3.05, 3.63) is 47.0 Å². The molecule has 0 saturated heterocycles. The number of benzene rings is 1. The quantitative estimate of drug-likeness (QED) is 0.661. The second-order valence-corrected chi connectivity index (χ2v) is 3.78. The minimum absolute atomic E-state index is 0.629. The number of aromatic amines is 2. The molecular weight excluding hydrogens is 232 g/mol. The summed E-state index contributed by atoms with van der Waals surface area (Å²) in [5.41, 5.74) is 2.26. The van der Waals surface area contributed by atoms with Gasteiger partial charge in [0.1, 0.15) is 0 Å². The van der Waals surface area contributed by atoms with Crippen LogP contribution in [0.5, 0.6) is 0 Å². The Labute approximate surface area is 102 Å². The largest absolute Gasteiger partial charge is 0.178 e.